The number of piperidine rings is 1. The Morgan fingerprint density at radius 1 is 1.33 bits per heavy atom. The van der Waals surface area contributed by atoms with Gasteiger partial charge in [-0.25, -0.2) is 5.90 Å². The molecule has 1 atom stereocenters. The van der Waals surface area contributed by atoms with E-state index in [1.807, 2.05) is 4.90 Å². The number of rotatable bonds is 7. The van der Waals surface area contributed by atoms with Crippen LogP contribution in [0.2, 0.25) is 0 Å². The molecule has 1 saturated heterocycles. The lowest BCUT2D eigenvalue weighted by Crippen LogP contribution is -2.47. The lowest BCUT2D eigenvalue weighted by Gasteiger charge is -2.34. The Kier molecular flexibility index (Phi) is 6.03. The maximum atomic E-state index is 11.2. The Morgan fingerprint density at radius 3 is 2.39 bits per heavy atom. The molecule has 0 spiro atoms. The number of carbonyl (C=O) groups is 2. The van der Waals surface area contributed by atoms with Gasteiger partial charge < -0.3 is 15.1 Å². The van der Waals surface area contributed by atoms with E-state index < -0.39 is 18.0 Å². The van der Waals surface area contributed by atoms with E-state index in [9.17, 15) is 9.59 Å². The number of hydrogen-bond acceptors (Lipinski definition) is 5. The molecule has 18 heavy (non-hydrogen) atoms. The molecule has 0 radical (unpaired) electrons. The van der Waals surface area contributed by atoms with Gasteiger partial charge in [0.25, 0.3) is 0 Å². The van der Waals surface area contributed by atoms with E-state index >= 15 is 0 Å². The molecule has 1 heterocycles. The number of nitrogens with two attached hydrogens (primary N) is 1. The Labute approximate surface area is 105 Å². The first-order chi connectivity index (χ1) is 8.54. The summed E-state index contributed by atoms with van der Waals surface area (Å²) in [6, 6.07) is -0.608. The first-order valence-electron chi connectivity index (χ1n) is 6.08. The van der Waals surface area contributed by atoms with Crippen LogP contribution in [0.4, 0.5) is 0 Å². The van der Waals surface area contributed by atoms with Crippen LogP contribution in [0.3, 0.4) is 0 Å². The summed E-state index contributed by atoms with van der Waals surface area (Å²) in [6.45, 7) is 1.23. The smallest absolute Gasteiger partial charge is 0.320 e. The molecule has 1 aliphatic rings. The van der Waals surface area contributed by atoms with Crippen LogP contribution in [0, 0.1) is 0 Å². The van der Waals surface area contributed by atoms with Crippen molar-refractivity contribution in [1.82, 2.24) is 4.90 Å². The van der Waals surface area contributed by atoms with Crippen molar-refractivity contribution in [1.29, 1.82) is 0 Å². The second-order valence-electron chi connectivity index (χ2n) is 4.51. The number of aliphatic carboxylic acids is 2. The van der Waals surface area contributed by atoms with Crippen LogP contribution in [0.5, 0.6) is 0 Å². The number of hydrogen-bond donors (Lipinski definition) is 3. The Hall–Kier alpha value is -1.18. The molecule has 4 N–H and O–H groups in total. The van der Waals surface area contributed by atoms with Crippen molar-refractivity contribution in [3.05, 3.63) is 0 Å². The normalized spacial score (nSPS) is 19.6. The van der Waals surface area contributed by atoms with Crippen molar-refractivity contribution in [3.63, 3.8) is 0 Å². The summed E-state index contributed by atoms with van der Waals surface area (Å²) in [5.74, 6) is 3.31. The third kappa shape index (κ3) is 4.59. The maximum Gasteiger partial charge on any atom is 0.320 e. The number of carboxylic acids is 2. The zero-order valence-electron chi connectivity index (χ0n) is 10.2. The van der Waals surface area contributed by atoms with E-state index in [1.165, 1.54) is 0 Å². The molecule has 0 amide bonds. The minimum Gasteiger partial charge on any atom is -0.481 e. The van der Waals surface area contributed by atoms with Gasteiger partial charge in [0.15, 0.2) is 0 Å². The number of nitrogens with zero attached hydrogens (tertiary/aromatic N) is 1. The lowest BCUT2D eigenvalue weighted by atomic mass is 10.0. The lowest BCUT2D eigenvalue weighted by molar-refractivity contribution is -0.145. The summed E-state index contributed by atoms with van der Waals surface area (Å²) in [6.07, 6.45) is 2.15. The maximum absolute atomic E-state index is 11.2. The fourth-order valence-electron chi connectivity index (χ4n) is 2.23. The van der Waals surface area contributed by atoms with Crippen molar-refractivity contribution in [2.45, 2.75) is 44.2 Å². The molecule has 7 heteroatoms. The zero-order chi connectivity index (χ0) is 13.5. The van der Waals surface area contributed by atoms with Crippen LogP contribution in [-0.2, 0) is 14.4 Å². The third-order valence-electron chi connectivity index (χ3n) is 3.26. The van der Waals surface area contributed by atoms with E-state index in [-0.39, 0.29) is 12.5 Å². The molecule has 1 fully saturated rings. The molecule has 0 aromatic carbocycles. The molecule has 0 aliphatic carbocycles. The fraction of sp³-hybridized carbons (Fsp3) is 0.818. The highest BCUT2D eigenvalue weighted by Crippen LogP contribution is 2.18. The summed E-state index contributed by atoms with van der Waals surface area (Å²) in [7, 11) is 0. The average Bonchev–Trinajstić information content (AvgIpc) is 2.34. The molecule has 0 saturated carbocycles. The molecule has 0 bridgehead atoms. The summed E-state index contributed by atoms with van der Waals surface area (Å²) in [5.41, 5.74) is 0. The van der Waals surface area contributed by atoms with Gasteiger partial charge in [0.1, 0.15) is 6.04 Å². The monoisotopic (exact) mass is 260 g/mol. The third-order valence-corrected chi connectivity index (χ3v) is 3.26. The fourth-order valence-corrected chi connectivity index (χ4v) is 2.23. The van der Waals surface area contributed by atoms with E-state index in [2.05, 4.69) is 0 Å². The highest BCUT2D eigenvalue weighted by Gasteiger charge is 2.29. The van der Waals surface area contributed by atoms with E-state index in [4.69, 9.17) is 20.9 Å². The van der Waals surface area contributed by atoms with Crippen LogP contribution >= 0.6 is 0 Å². The van der Waals surface area contributed by atoms with Crippen LogP contribution in [0.1, 0.15) is 32.1 Å². The van der Waals surface area contributed by atoms with Crippen molar-refractivity contribution in [2.75, 3.05) is 13.1 Å². The molecule has 1 rings (SSSR count). The summed E-state index contributed by atoms with van der Waals surface area (Å²) in [4.78, 5) is 28.2. The average molecular weight is 260 g/mol. The molecule has 1 unspecified atom stereocenters. The Bertz CT molecular complexity index is 289. The molecule has 1 aliphatic heterocycles. The second kappa shape index (κ2) is 7.30. The predicted molar refractivity (Wildman–Crippen MR) is 62.8 cm³/mol. The van der Waals surface area contributed by atoms with Crippen molar-refractivity contribution < 1.29 is 24.6 Å². The topological polar surface area (TPSA) is 113 Å². The van der Waals surface area contributed by atoms with Crippen LogP contribution in [0.25, 0.3) is 0 Å². The molecule has 0 aromatic rings. The van der Waals surface area contributed by atoms with Crippen molar-refractivity contribution in [2.24, 2.45) is 5.90 Å². The van der Waals surface area contributed by atoms with Gasteiger partial charge in [0, 0.05) is 19.5 Å². The Morgan fingerprint density at radius 2 is 1.94 bits per heavy atom. The minimum absolute atomic E-state index is 0.00489. The van der Waals surface area contributed by atoms with Gasteiger partial charge in [-0.15, -0.1) is 0 Å². The van der Waals surface area contributed by atoms with Crippen LogP contribution < -0.4 is 5.90 Å². The van der Waals surface area contributed by atoms with E-state index in [1.54, 1.807) is 0 Å². The van der Waals surface area contributed by atoms with Gasteiger partial charge in [-0.3, -0.25) is 14.5 Å². The molecule has 7 nitrogen and oxygen atoms in total. The first-order valence-corrected chi connectivity index (χ1v) is 6.08. The van der Waals surface area contributed by atoms with Crippen LogP contribution in [0.15, 0.2) is 0 Å². The molecule has 104 valence electrons. The largest absolute Gasteiger partial charge is 0.481 e. The zero-order valence-corrected chi connectivity index (χ0v) is 10.2. The van der Waals surface area contributed by atoms with Gasteiger partial charge in [0.2, 0.25) is 0 Å². The van der Waals surface area contributed by atoms with Gasteiger partial charge in [-0.05, 0) is 25.7 Å². The summed E-state index contributed by atoms with van der Waals surface area (Å²) in [5, 5.41) is 17.7. The quantitative estimate of drug-likeness (QED) is 0.554. The van der Waals surface area contributed by atoms with Gasteiger partial charge in [-0.2, -0.15) is 0 Å². The summed E-state index contributed by atoms with van der Waals surface area (Å²) >= 11 is 0. The van der Waals surface area contributed by atoms with Gasteiger partial charge in [-0.1, -0.05) is 0 Å². The minimum atomic E-state index is -0.896. The predicted octanol–water partition coefficient (Wildman–Crippen LogP) is 0.0492. The van der Waals surface area contributed by atoms with Gasteiger partial charge in [0.05, 0.1) is 6.10 Å². The van der Waals surface area contributed by atoms with Crippen molar-refractivity contribution >= 4 is 11.9 Å². The first kappa shape index (κ1) is 14.9. The van der Waals surface area contributed by atoms with Crippen molar-refractivity contribution in [3.8, 4) is 0 Å². The Balaban J connectivity index is 2.42. The van der Waals surface area contributed by atoms with E-state index in [0.717, 1.165) is 0 Å². The number of carboxylic acid groups (broad SMARTS) is 2. The summed E-state index contributed by atoms with van der Waals surface area (Å²) < 4.78 is 0. The molecular weight excluding hydrogens is 240 g/mol. The highest BCUT2D eigenvalue weighted by atomic mass is 16.6. The molecular formula is C11H20N2O5. The van der Waals surface area contributed by atoms with Crippen LogP contribution in [-0.4, -0.2) is 52.3 Å². The second-order valence-corrected chi connectivity index (χ2v) is 4.51. The SMILES string of the molecule is NOC1CCN(C(CCCC(=O)O)C(=O)O)CC1. The highest BCUT2D eigenvalue weighted by molar-refractivity contribution is 5.73. The van der Waals surface area contributed by atoms with Gasteiger partial charge >= 0.3 is 11.9 Å². The standard InChI is InChI=1S/C11H20N2O5/c12-18-8-4-6-13(7-5-8)9(11(16)17)2-1-3-10(14)15/h8-9H,1-7,12H2,(H,14,15)(H,16,17). The number of likely N-dealkylation sites (tertiary alicyclic amines) is 1. The molecule has 0 aromatic heterocycles. The van der Waals surface area contributed by atoms with E-state index in [0.29, 0.717) is 38.8 Å².